The summed E-state index contributed by atoms with van der Waals surface area (Å²) >= 11 is 0. The molecular formula is C8H13N3. The molecule has 0 saturated carbocycles. The highest BCUT2D eigenvalue weighted by Crippen LogP contribution is 2.15. The minimum absolute atomic E-state index is 0.414. The van der Waals surface area contributed by atoms with Crippen LogP contribution in [0.2, 0.25) is 0 Å². The maximum absolute atomic E-state index is 4.34. The maximum atomic E-state index is 4.34. The van der Waals surface area contributed by atoms with Crippen LogP contribution in [0, 0.1) is 6.92 Å². The van der Waals surface area contributed by atoms with Gasteiger partial charge in [0.15, 0.2) is 0 Å². The molecule has 2 rings (SSSR count). The van der Waals surface area contributed by atoms with Gasteiger partial charge in [0.05, 0.1) is 6.04 Å². The van der Waals surface area contributed by atoms with Crippen LogP contribution in [0.3, 0.4) is 0 Å². The van der Waals surface area contributed by atoms with E-state index < -0.39 is 0 Å². The van der Waals surface area contributed by atoms with E-state index in [0.29, 0.717) is 6.04 Å². The summed E-state index contributed by atoms with van der Waals surface area (Å²) in [5.74, 6) is 1.17. The van der Waals surface area contributed by atoms with Crippen molar-refractivity contribution in [2.24, 2.45) is 0 Å². The predicted molar refractivity (Wildman–Crippen MR) is 43.4 cm³/mol. The Kier molecular flexibility index (Phi) is 1.46. The van der Waals surface area contributed by atoms with Gasteiger partial charge in [-0.15, -0.1) is 0 Å². The van der Waals surface area contributed by atoms with Crippen LogP contribution in [0.15, 0.2) is 6.20 Å². The summed E-state index contributed by atoms with van der Waals surface area (Å²) < 4.78 is 2.28. The molecule has 0 amide bonds. The van der Waals surface area contributed by atoms with Crippen LogP contribution in [0.25, 0.3) is 0 Å². The standard InChI is InChI=1S/C8H13N3/c1-6-5-10-8-7(2)9-3-4-11(6)8/h5,7,9H,3-4H2,1-2H3/t7-/m1/s1. The van der Waals surface area contributed by atoms with Gasteiger partial charge in [-0.1, -0.05) is 0 Å². The summed E-state index contributed by atoms with van der Waals surface area (Å²) in [6, 6.07) is 0.414. The summed E-state index contributed by atoms with van der Waals surface area (Å²) in [5.41, 5.74) is 1.27. The van der Waals surface area contributed by atoms with Crippen LogP contribution in [-0.4, -0.2) is 16.1 Å². The molecule has 1 aromatic rings. The van der Waals surface area contributed by atoms with Crippen molar-refractivity contribution in [3.63, 3.8) is 0 Å². The zero-order valence-corrected chi connectivity index (χ0v) is 6.96. The first-order valence-corrected chi connectivity index (χ1v) is 4.04. The number of imidazole rings is 1. The van der Waals surface area contributed by atoms with E-state index in [-0.39, 0.29) is 0 Å². The molecule has 0 saturated heterocycles. The van der Waals surface area contributed by atoms with Crippen LogP contribution in [-0.2, 0) is 6.54 Å². The number of fused-ring (bicyclic) bond motifs is 1. The van der Waals surface area contributed by atoms with E-state index in [9.17, 15) is 0 Å². The van der Waals surface area contributed by atoms with Gasteiger partial charge in [-0.05, 0) is 13.8 Å². The number of nitrogens with one attached hydrogen (secondary N) is 1. The number of aryl methyl sites for hydroxylation is 1. The van der Waals surface area contributed by atoms with Gasteiger partial charge in [-0.3, -0.25) is 0 Å². The first-order chi connectivity index (χ1) is 5.29. The molecule has 60 valence electrons. The average molecular weight is 151 g/mol. The molecule has 3 nitrogen and oxygen atoms in total. The molecule has 2 heterocycles. The Morgan fingerprint density at radius 1 is 1.73 bits per heavy atom. The summed E-state index contributed by atoms with van der Waals surface area (Å²) in [7, 11) is 0. The van der Waals surface area contributed by atoms with Crippen LogP contribution in [0.5, 0.6) is 0 Å². The molecule has 0 bridgehead atoms. The van der Waals surface area contributed by atoms with Gasteiger partial charge in [0, 0.05) is 25.0 Å². The van der Waals surface area contributed by atoms with E-state index >= 15 is 0 Å². The van der Waals surface area contributed by atoms with E-state index in [1.807, 2.05) is 6.20 Å². The van der Waals surface area contributed by atoms with E-state index in [0.717, 1.165) is 13.1 Å². The molecule has 0 aliphatic carbocycles. The lowest BCUT2D eigenvalue weighted by atomic mass is 10.2. The number of hydrogen-bond acceptors (Lipinski definition) is 2. The van der Waals surface area contributed by atoms with Gasteiger partial charge in [-0.2, -0.15) is 0 Å². The Morgan fingerprint density at radius 3 is 3.27 bits per heavy atom. The second kappa shape index (κ2) is 2.34. The summed E-state index contributed by atoms with van der Waals surface area (Å²) in [6.45, 7) is 6.38. The molecule has 1 N–H and O–H groups in total. The van der Waals surface area contributed by atoms with Gasteiger partial charge < -0.3 is 9.88 Å². The third-order valence-corrected chi connectivity index (χ3v) is 2.26. The molecule has 0 spiro atoms. The van der Waals surface area contributed by atoms with Crippen molar-refractivity contribution in [1.29, 1.82) is 0 Å². The quantitative estimate of drug-likeness (QED) is 0.596. The molecule has 0 unspecified atom stereocenters. The van der Waals surface area contributed by atoms with E-state index in [1.165, 1.54) is 11.5 Å². The summed E-state index contributed by atoms with van der Waals surface area (Å²) in [5, 5.41) is 3.37. The molecule has 1 aliphatic rings. The van der Waals surface area contributed by atoms with E-state index in [2.05, 4.69) is 28.7 Å². The number of nitrogens with zero attached hydrogens (tertiary/aromatic N) is 2. The summed E-state index contributed by atoms with van der Waals surface area (Å²) in [6.07, 6.45) is 1.94. The van der Waals surface area contributed by atoms with Crippen LogP contribution < -0.4 is 5.32 Å². The lowest BCUT2D eigenvalue weighted by Crippen LogP contribution is -2.32. The lowest BCUT2D eigenvalue weighted by molar-refractivity contribution is 0.432. The number of hydrogen-bond donors (Lipinski definition) is 1. The minimum Gasteiger partial charge on any atom is -0.330 e. The number of rotatable bonds is 0. The first kappa shape index (κ1) is 6.85. The van der Waals surface area contributed by atoms with Crippen molar-refractivity contribution in [1.82, 2.24) is 14.9 Å². The highest BCUT2D eigenvalue weighted by molar-refractivity contribution is 5.08. The second-order valence-corrected chi connectivity index (χ2v) is 3.09. The fourth-order valence-electron chi connectivity index (χ4n) is 1.60. The van der Waals surface area contributed by atoms with Crippen molar-refractivity contribution in [2.45, 2.75) is 26.4 Å². The Bertz CT molecular complexity index is 264. The Balaban J connectivity index is 2.46. The van der Waals surface area contributed by atoms with Gasteiger partial charge in [0.25, 0.3) is 0 Å². The van der Waals surface area contributed by atoms with Crippen LogP contribution in [0.4, 0.5) is 0 Å². The lowest BCUT2D eigenvalue weighted by Gasteiger charge is -2.22. The fraction of sp³-hybridized carbons (Fsp3) is 0.625. The zero-order valence-electron chi connectivity index (χ0n) is 6.96. The Hall–Kier alpha value is -0.830. The predicted octanol–water partition coefficient (Wildman–Crippen LogP) is 0.856. The largest absolute Gasteiger partial charge is 0.330 e. The smallest absolute Gasteiger partial charge is 0.125 e. The molecule has 1 atom stereocenters. The topological polar surface area (TPSA) is 29.9 Å². The molecule has 3 heteroatoms. The highest BCUT2D eigenvalue weighted by atomic mass is 15.2. The normalized spacial score (nSPS) is 23.3. The van der Waals surface area contributed by atoms with Gasteiger partial charge >= 0.3 is 0 Å². The molecular weight excluding hydrogens is 138 g/mol. The number of aromatic nitrogens is 2. The molecule has 0 fully saturated rings. The third-order valence-electron chi connectivity index (χ3n) is 2.26. The van der Waals surface area contributed by atoms with Crippen molar-refractivity contribution in [3.8, 4) is 0 Å². The summed E-state index contributed by atoms with van der Waals surface area (Å²) in [4.78, 5) is 4.34. The molecule has 0 radical (unpaired) electrons. The highest BCUT2D eigenvalue weighted by Gasteiger charge is 2.17. The van der Waals surface area contributed by atoms with Gasteiger partial charge in [0.1, 0.15) is 5.82 Å². The Labute approximate surface area is 66.4 Å². The first-order valence-electron chi connectivity index (χ1n) is 4.04. The van der Waals surface area contributed by atoms with Crippen molar-refractivity contribution in [2.75, 3.05) is 6.54 Å². The van der Waals surface area contributed by atoms with Gasteiger partial charge in [-0.25, -0.2) is 4.98 Å². The zero-order chi connectivity index (χ0) is 7.84. The Morgan fingerprint density at radius 2 is 2.55 bits per heavy atom. The second-order valence-electron chi connectivity index (χ2n) is 3.09. The molecule has 0 aromatic carbocycles. The van der Waals surface area contributed by atoms with Crippen molar-refractivity contribution in [3.05, 3.63) is 17.7 Å². The van der Waals surface area contributed by atoms with Crippen LogP contribution >= 0.6 is 0 Å². The molecule has 1 aliphatic heterocycles. The maximum Gasteiger partial charge on any atom is 0.125 e. The average Bonchev–Trinajstić information content (AvgIpc) is 2.35. The minimum atomic E-state index is 0.414. The van der Waals surface area contributed by atoms with E-state index in [4.69, 9.17) is 0 Å². The van der Waals surface area contributed by atoms with Crippen LogP contribution in [0.1, 0.15) is 24.5 Å². The molecule has 11 heavy (non-hydrogen) atoms. The molecule has 1 aromatic heterocycles. The SMILES string of the molecule is Cc1cnc2n1CCN[C@@H]2C. The van der Waals surface area contributed by atoms with E-state index in [1.54, 1.807) is 0 Å². The van der Waals surface area contributed by atoms with Gasteiger partial charge in [0.2, 0.25) is 0 Å². The fourth-order valence-corrected chi connectivity index (χ4v) is 1.60. The van der Waals surface area contributed by atoms with Crippen molar-refractivity contribution < 1.29 is 0 Å². The third kappa shape index (κ3) is 0.959. The van der Waals surface area contributed by atoms with Crippen molar-refractivity contribution >= 4 is 0 Å². The monoisotopic (exact) mass is 151 g/mol.